The van der Waals surface area contributed by atoms with E-state index in [4.69, 9.17) is 9.84 Å². The van der Waals surface area contributed by atoms with E-state index in [0.717, 1.165) is 22.3 Å². The number of aliphatic carboxylic acids is 1. The van der Waals surface area contributed by atoms with Crippen molar-refractivity contribution >= 4 is 18.0 Å². The van der Waals surface area contributed by atoms with Gasteiger partial charge >= 0.3 is 12.1 Å². The Bertz CT molecular complexity index is 984. The summed E-state index contributed by atoms with van der Waals surface area (Å²) >= 11 is 0. The number of fused-ring (bicyclic) bond motifs is 3. The van der Waals surface area contributed by atoms with E-state index in [0.29, 0.717) is 12.8 Å². The zero-order valence-corrected chi connectivity index (χ0v) is 18.8. The maximum absolute atomic E-state index is 12.6. The predicted octanol–water partition coefficient (Wildman–Crippen LogP) is 4.17. The van der Waals surface area contributed by atoms with Crippen molar-refractivity contribution in [1.82, 2.24) is 10.6 Å². The Morgan fingerprint density at radius 2 is 1.62 bits per heavy atom. The molecule has 1 aliphatic rings. The van der Waals surface area contributed by atoms with Crippen LogP contribution in [-0.2, 0) is 14.3 Å². The highest BCUT2D eigenvalue weighted by atomic mass is 19.3. The molecule has 0 spiro atoms. The molecule has 0 aromatic heterocycles. The number of ether oxygens (including phenoxy) is 1. The van der Waals surface area contributed by atoms with Gasteiger partial charge in [0.1, 0.15) is 12.6 Å². The van der Waals surface area contributed by atoms with E-state index >= 15 is 0 Å². The molecule has 182 valence electrons. The number of alkyl carbamates (subject to hydrolysis) is 1. The molecule has 0 radical (unpaired) electrons. The highest BCUT2D eigenvalue weighted by Crippen LogP contribution is 2.44. The lowest BCUT2D eigenvalue weighted by molar-refractivity contribution is -0.143. The maximum atomic E-state index is 12.6. The number of carbonyl (C=O) groups is 3. The molecule has 2 atom stereocenters. The minimum atomic E-state index is -2.87. The minimum absolute atomic E-state index is 0.0998. The van der Waals surface area contributed by atoms with Crippen LogP contribution in [0.4, 0.5) is 13.6 Å². The second-order valence-electron chi connectivity index (χ2n) is 8.22. The molecule has 9 heteroatoms. The van der Waals surface area contributed by atoms with E-state index in [2.05, 4.69) is 10.6 Å². The lowest BCUT2D eigenvalue weighted by atomic mass is 9.98. The van der Waals surface area contributed by atoms with Gasteiger partial charge in [-0.2, -0.15) is 0 Å². The van der Waals surface area contributed by atoms with Crippen molar-refractivity contribution in [3.63, 3.8) is 0 Å². The number of alkyl halides is 2. The molecule has 0 saturated carbocycles. The van der Waals surface area contributed by atoms with Gasteiger partial charge in [0.05, 0.1) is 5.92 Å². The van der Waals surface area contributed by atoms with Crippen LogP contribution >= 0.6 is 0 Å². The van der Waals surface area contributed by atoms with Crippen molar-refractivity contribution in [1.29, 1.82) is 0 Å². The van der Waals surface area contributed by atoms with Crippen molar-refractivity contribution in [3.05, 3.63) is 59.7 Å². The second-order valence-corrected chi connectivity index (χ2v) is 8.22. The van der Waals surface area contributed by atoms with Gasteiger partial charge in [0.15, 0.2) is 0 Å². The smallest absolute Gasteiger partial charge is 0.407 e. The Morgan fingerprint density at radius 3 is 2.15 bits per heavy atom. The summed E-state index contributed by atoms with van der Waals surface area (Å²) in [4.78, 5) is 36.0. The molecule has 0 saturated heterocycles. The molecule has 0 heterocycles. The largest absolute Gasteiger partial charge is 0.480 e. The van der Waals surface area contributed by atoms with Crippen molar-refractivity contribution in [2.45, 2.75) is 44.6 Å². The lowest BCUT2D eigenvalue weighted by Gasteiger charge is -2.20. The van der Waals surface area contributed by atoms with Crippen LogP contribution in [0.15, 0.2) is 48.5 Å². The first kappa shape index (κ1) is 25.1. The van der Waals surface area contributed by atoms with E-state index in [1.165, 1.54) is 0 Å². The average molecular weight is 475 g/mol. The summed E-state index contributed by atoms with van der Waals surface area (Å²) < 4.78 is 30.7. The van der Waals surface area contributed by atoms with Crippen molar-refractivity contribution in [2.24, 2.45) is 5.92 Å². The Hall–Kier alpha value is -3.49. The Labute approximate surface area is 196 Å². The summed E-state index contributed by atoms with van der Waals surface area (Å²) in [6.07, 6.45) is -3.64. The van der Waals surface area contributed by atoms with Gasteiger partial charge < -0.3 is 20.5 Å². The summed E-state index contributed by atoms with van der Waals surface area (Å²) in [5, 5.41) is 13.8. The summed E-state index contributed by atoms with van der Waals surface area (Å²) in [5.74, 6) is -3.12. The van der Waals surface area contributed by atoms with E-state index in [9.17, 15) is 23.2 Å². The highest BCUT2D eigenvalue weighted by Gasteiger charge is 2.30. The molecular formula is C25H28F2N2O5. The van der Waals surface area contributed by atoms with Gasteiger partial charge in [-0.05, 0) is 28.7 Å². The zero-order chi connectivity index (χ0) is 24.7. The standard InChI is InChI=1S/C25H28F2N2O5/c1-2-7-15(23(30)29-21(24(31)32)12-22(26)27)13-28-25(33)34-14-20-18-10-5-3-8-16(18)17-9-4-6-11-19(17)20/h3-6,8-11,15,20-22H,2,7,12-14H2,1H3,(H,28,33)(H,29,30)(H,31,32). The summed E-state index contributed by atoms with van der Waals surface area (Å²) in [7, 11) is 0. The van der Waals surface area contributed by atoms with Crippen LogP contribution in [0.2, 0.25) is 0 Å². The summed E-state index contributed by atoms with van der Waals surface area (Å²) in [6, 6.07) is 14.2. The fourth-order valence-corrected chi connectivity index (χ4v) is 4.22. The van der Waals surface area contributed by atoms with Gasteiger partial charge in [0.2, 0.25) is 12.3 Å². The van der Waals surface area contributed by atoms with E-state index in [-0.39, 0.29) is 19.1 Å². The zero-order valence-electron chi connectivity index (χ0n) is 18.8. The van der Waals surface area contributed by atoms with Crippen LogP contribution in [0.3, 0.4) is 0 Å². The van der Waals surface area contributed by atoms with Gasteiger partial charge in [-0.3, -0.25) is 4.79 Å². The van der Waals surface area contributed by atoms with Crippen LogP contribution < -0.4 is 10.6 Å². The molecule has 0 aliphatic heterocycles. The quantitative estimate of drug-likeness (QED) is 0.454. The molecule has 1 aliphatic carbocycles. The van der Waals surface area contributed by atoms with Gasteiger partial charge in [0, 0.05) is 18.9 Å². The number of hydrogen-bond donors (Lipinski definition) is 3. The van der Waals surface area contributed by atoms with Gasteiger partial charge in [-0.15, -0.1) is 0 Å². The summed E-state index contributed by atoms with van der Waals surface area (Å²) in [5.41, 5.74) is 4.34. The second kappa shape index (κ2) is 11.6. The number of halogens is 2. The molecule has 3 rings (SSSR count). The van der Waals surface area contributed by atoms with Crippen molar-refractivity contribution in [3.8, 4) is 11.1 Å². The third-order valence-corrected chi connectivity index (χ3v) is 5.87. The number of nitrogens with one attached hydrogen (secondary N) is 2. The van der Waals surface area contributed by atoms with Crippen LogP contribution in [0, 0.1) is 5.92 Å². The van der Waals surface area contributed by atoms with Crippen molar-refractivity contribution < 1.29 is 33.0 Å². The molecule has 3 N–H and O–H groups in total. The van der Waals surface area contributed by atoms with Gasteiger partial charge in [-0.1, -0.05) is 61.9 Å². The molecule has 0 fully saturated rings. The first-order valence-electron chi connectivity index (χ1n) is 11.2. The lowest BCUT2D eigenvalue weighted by Crippen LogP contribution is -2.47. The van der Waals surface area contributed by atoms with E-state index < -0.39 is 42.8 Å². The maximum Gasteiger partial charge on any atom is 0.407 e. The molecule has 0 bridgehead atoms. The average Bonchev–Trinajstić information content (AvgIpc) is 3.13. The molecule has 7 nitrogen and oxygen atoms in total. The third kappa shape index (κ3) is 6.09. The van der Waals surface area contributed by atoms with Crippen molar-refractivity contribution in [2.75, 3.05) is 13.2 Å². The molecule has 2 aromatic carbocycles. The molecule has 2 amide bonds. The van der Waals surface area contributed by atoms with Gasteiger partial charge in [-0.25, -0.2) is 18.4 Å². The SMILES string of the molecule is CCCC(CNC(=O)OCC1c2ccccc2-c2ccccc21)C(=O)NC(CC(F)F)C(=O)O. The van der Waals surface area contributed by atoms with E-state index in [1.54, 1.807) is 0 Å². The fraction of sp³-hybridized carbons (Fsp3) is 0.400. The Balaban J connectivity index is 1.57. The molecule has 34 heavy (non-hydrogen) atoms. The molecule has 2 unspecified atom stereocenters. The Kier molecular flexibility index (Phi) is 8.56. The first-order chi connectivity index (χ1) is 16.3. The predicted molar refractivity (Wildman–Crippen MR) is 122 cm³/mol. The Morgan fingerprint density at radius 1 is 1.03 bits per heavy atom. The monoisotopic (exact) mass is 474 g/mol. The minimum Gasteiger partial charge on any atom is -0.480 e. The normalized spacial score (nSPS) is 14.1. The first-order valence-corrected chi connectivity index (χ1v) is 11.2. The topological polar surface area (TPSA) is 105 Å². The number of carbonyl (C=O) groups excluding carboxylic acids is 2. The number of hydrogen-bond acceptors (Lipinski definition) is 4. The third-order valence-electron chi connectivity index (χ3n) is 5.87. The van der Waals surface area contributed by atoms with Gasteiger partial charge in [0.25, 0.3) is 0 Å². The number of benzene rings is 2. The van der Waals surface area contributed by atoms with Crippen LogP contribution in [0.1, 0.15) is 43.2 Å². The number of amides is 2. The number of rotatable bonds is 11. The highest BCUT2D eigenvalue weighted by molar-refractivity contribution is 5.85. The van der Waals surface area contributed by atoms with Crippen LogP contribution in [-0.4, -0.2) is 48.7 Å². The van der Waals surface area contributed by atoms with Crippen LogP contribution in [0.5, 0.6) is 0 Å². The van der Waals surface area contributed by atoms with E-state index in [1.807, 2.05) is 55.5 Å². The molecule has 2 aromatic rings. The number of carboxylic acids is 1. The number of carboxylic acid groups (broad SMARTS) is 1. The van der Waals surface area contributed by atoms with Crippen LogP contribution in [0.25, 0.3) is 11.1 Å². The molecular weight excluding hydrogens is 446 g/mol. The fourth-order valence-electron chi connectivity index (χ4n) is 4.22. The summed E-state index contributed by atoms with van der Waals surface area (Å²) in [6.45, 7) is 1.83.